The number of phenolic OH excluding ortho intramolecular Hbond substituents is 1. The van der Waals surface area contributed by atoms with Gasteiger partial charge >= 0.3 is 0 Å². The van der Waals surface area contributed by atoms with E-state index in [1.165, 1.54) is 0 Å². The molecule has 0 aromatic heterocycles. The number of rotatable bonds is 0. The molecule has 1 rings (SSSR count). The fourth-order valence-corrected chi connectivity index (χ4v) is 0.866. The Balaban J connectivity index is 0.000000810. The smallest absolute Gasteiger partial charge is 0.139 e. The van der Waals surface area contributed by atoms with Gasteiger partial charge < -0.3 is 10.8 Å². The van der Waals surface area contributed by atoms with Gasteiger partial charge in [0.05, 0.1) is 5.69 Å². The Hall–Kier alpha value is -0.410. The molecule has 0 aliphatic rings. The first-order valence-electron chi connectivity index (χ1n) is 2.44. The SMILES string of the molecule is Cl.Nc1ccc(Br)cc1O. The summed E-state index contributed by atoms with van der Waals surface area (Å²) in [7, 11) is 0. The second-order valence-corrected chi connectivity index (χ2v) is 2.62. The summed E-state index contributed by atoms with van der Waals surface area (Å²) in [5, 5.41) is 8.95. The van der Waals surface area contributed by atoms with Crippen molar-refractivity contribution >= 4 is 34.0 Å². The first-order chi connectivity index (χ1) is 4.20. The van der Waals surface area contributed by atoms with Gasteiger partial charge in [0.25, 0.3) is 0 Å². The molecule has 0 spiro atoms. The van der Waals surface area contributed by atoms with E-state index in [-0.39, 0.29) is 18.2 Å². The highest BCUT2D eigenvalue weighted by Crippen LogP contribution is 2.23. The van der Waals surface area contributed by atoms with Crippen LogP contribution >= 0.6 is 28.3 Å². The van der Waals surface area contributed by atoms with Crippen LogP contribution in [0.2, 0.25) is 0 Å². The summed E-state index contributed by atoms with van der Waals surface area (Å²) in [6.45, 7) is 0. The van der Waals surface area contributed by atoms with Gasteiger partial charge in [0.1, 0.15) is 5.75 Å². The summed E-state index contributed by atoms with van der Waals surface area (Å²) < 4.78 is 0.828. The third kappa shape index (κ3) is 2.08. The Kier molecular flexibility index (Phi) is 3.53. The van der Waals surface area contributed by atoms with Crippen LogP contribution in [0.15, 0.2) is 22.7 Å². The Morgan fingerprint density at radius 1 is 1.40 bits per heavy atom. The van der Waals surface area contributed by atoms with Gasteiger partial charge in [-0.15, -0.1) is 12.4 Å². The van der Waals surface area contributed by atoms with Crippen molar-refractivity contribution in [2.24, 2.45) is 0 Å². The quantitative estimate of drug-likeness (QED) is 0.524. The molecule has 1 aromatic rings. The first kappa shape index (κ1) is 9.59. The second kappa shape index (κ2) is 3.68. The van der Waals surface area contributed by atoms with E-state index in [9.17, 15) is 0 Å². The molecule has 0 fully saturated rings. The standard InChI is InChI=1S/C6H6BrNO.ClH/c7-4-1-2-5(8)6(9)3-4;/h1-3,9H,8H2;1H. The summed E-state index contributed by atoms with van der Waals surface area (Å²) in [4.78, 5) is 0. The van der Waals surface area contributed by atoms with E-state index in [1.54, 1.807) is 18.2 Å². The highest BCUT2D eigenvalue weighted by Gasteiger charge is 1.93. The summed E-state index contributed by atoms with van der Waals surface area (Å²) in [5.74, 6) is 0.115. The van der Waals surface area contributed by atoms with Crippen molar-refractivity contribution in [3.8, 4) is 5.75 Å². The number of aromatic hydroxyl groups is 1. The summed E-state index contributed by atoms with van der Waals surface area (Å²) in [6.07, 6.45) is 0. The monoisotopic (exact) mass is 223 g/mol. The predicted octanol–water partition coefficient (Wildman–Crippen LogP) is 2.16. The molecule has 1 aromatic carbocycles. The fourth-order valence-electron chi connectivity index (χ4n) is 0.517. The van der Waals surface area contributed by atoms with E-state index in [0.717, 1.165) is 4.47 Å². The van der Waals surface area contributed by atoms with Crippen LogP contribution < -0.4 is 5.73 Å². The number of hydrogen-bond acceptors (Lipinski definition) is 2. The van der Waals surface area contributed by atoms with E-state index < -0.39 is 0 Å². The van der Waals surface area contributed by atoms with Crippen molar-refractivity contribution in [1.29, 1.82) is 0 Å². The molecule has 10 heavy (non-hydrogen) atoms. The minimum atomic E-state index is 0. The van der Waals surface area contributed by atoms with Crippen LogP contribution in [0.5, 0.6) is 5.75 Å². The minimum absolute atomic E-state index is 0. The van der Waals surface area contributed by atoms with E-state index in [4.69, 9.17) is 10.8 Å². The topological polar surface area (TPSA) is 46.2 Å². The molecular weight excluding hydrogens is 217 g/mol. The molecule has 0 aliphatic carbocycles. The average Bonchev–Trinajstić information content (AvgIpc) is 1.80. The zero-order chi connectivity index (χ0) is 6.85. The highest BCUT2D eigenvalue weighted by molar-refractivity contribution is 9.10. The molecule has 0 atom stereocenters. The molecular formula is C6H7BrClNO. The van der Waals surface area contributed by atoms with Gasteiger partial charge in [0.2, 0.25) is 0 Å². The van der Waals surface area contributed by atoms with Gasteiger partial charge in [-0.05, 0) is 18.2 Å². The second-order valence-electron chi connectivity index (χ2n) is 1.70. The molecule has 2 nitrogen and oxygen atoms in total. The van der Waals surface area contributed by atoms with Crippen molar-refractivity contribution in [2.45, 2.75) is 0 Å². The molecule has 0 radical (unpaired) electrons. The van der Waals surface area contributed by atoms with Crippen molar-refractivity contribution in [2.75, 3.05) is 5.73 Å². The molecule has 0 saturated heterocycles. The zero-order valence-corrected chi connectivity index (χ0v) is 7.45. The Bertz CT molecular complexity index is 229. The molecule has 0 saturated carbocycles. The van der Waals surface area contributed by atoms with Crippen LogP contribution in [0.3, 0.4) is 0 Å². The maximum Gasteiger partial charge on any atom is 0.139 e. The Morgan fingerprint density at radius 3 is 2.40 bits per heavy atom. The summed E-state index contributed by atoms with van der Waals surface area (Å²) in [5.41, 5.74) is 5.72. The number of halogens is 2. The number of nitrogens with two attached hydrogens (primary N) is 1. The largest absolute Gasteiger partial charge is 0.506 e. The van der Waals surface area contributed by atoms with Gasteiger partial charge in [-0.3, -0.25) is 0 Å². The number of nitrogen functional groups attached to an aromatic ring is 1. The molecule has 0 heterocycles. The normalized spacial score (nSPS) is 8.50. The average molecular weight is 224 g/mol. The predicted molar refractivity (Wildman–Crippen MR) is 47.5 cm³/mol. The highest BCUT2D eigenvalue weighted by atomic mass is 79.9. The maximum atomic E-state index is 8.95. The fraction of sp³-hybridized carbons (Fsp3) is 0. The van der Waals surface area contributed by atoms with Crippen LogP contribution in [0.25, 0.3) is 0 Å². The van der Waals surface area contributed by atoms with Crippen molar-refractivity contribution < 1.29 is 5.11 Å². The van der Waals surface area contributed by atoms with Crippen molar-refractivity contribution in [3.63, 3.8) is 0 Å². The third-order valence-corrected chi connectivity index (χ3v) is 1.49. The molecule has 0 bridgehead atoms. The summed E-state index contributed by atoms with van der Waals surface area (Å²) in [6, 6.07) is 4.96. The van der Waals surface area contributed by atoms with Crippen LogP contribution in [-0.2, 0) is 0 Å². The number of phenols is 1. The van der Waals surface area contributed by atoms with Gasteiger partial charge in [-0.1, -0.05) is 15.9 Å². The molecule has 0 aliphatic heterocycles. The Morgan fingerprint density at radius 2 is 2.00 bits per heavy atom. The molecule has 4 heteroatoms. The molecule has 0 amide bonds. The lowest BCUT2D eigenvalue weighted by molar-refractivity contribution is 0.477. The lowest BCUT2D eigenvalue weighted by atomic mass is 10.3. The van der Waals surface area contributed by atoms with E-state index in [1.807, 2.05) is 0 Å². The van der Waals surface area contributed by atoms with Crippen LogP contribution in [0.1, 0.15) is 0 Å². The molecule has 3 N–H and O–H groups in total. The Labute approximate surface area is 73.6 Å². The number of anilines is 1. The van der Waals surface area contributed by atoms with Crippen LogP contribution in [0, 0.1) is 0 Å². The summed E-state index contributed by atoms with van der Waals surface area (Å²) >= 11 is 3.18. The maximum absolute atomic E-state index is 8.95. The van der Waals surface area contributed by atoms with Crippen LogP contribution in [0.4, 0.5) is 5.69 Å². The number of hydrogen-bond donors (Lipinski definition) is 2. The lowest BCUT2D eigenvalue weighted by Crippen LogP contribution is -1.83. The molecule has 0 unspecified atom stereocenters. The zero-order valence-electron chi connectivity index (χ0n) is 5.04. The number of benzene rings is 1. The van der Waals surface area contributed by atoms with Crippen molar-refractivity contribution in [1.82, 2.24) is 0 Å². The van der Waals surface area contributed by atoms with Crippen molar-refractivity contribution in [3.05, 3.63) is 22.7 Å². The van der Waals surface area contributed by atoms with E-state index >= 15 is 0 Å². The lowest BCUT2D eigenvalue weighted by Gasteiger charge is -1.96. The van der Waals surface area contributed by atoms with Crippen LogP contribution in [-0.4, -0.2) is 5.11 Å². The minimum Gasteiger partial charge on any atom is -0.506 e. The van der Waals surface area contributed by atoms with Gasteiger partial charge in [-0.2, -0.15) is 0 Å². The van der Waals surface area contributed by atoms with Gasteiger partial charge in [0, 0.05) is 4.47 Å². The van der Waals surface area contributed by atoms with E-state index in [2.05, 4.69) is 15.9 Å². The van der Waals surface area contributed by atoms with E-state index in [0.29, 0.717) is 5.69 Å². The van der Waals surface area contributed by atoms with Gasteiger partial charge in [-0.25, -0.2) is 0 Å². The molecule has 56 valence electrons. The third-order valence-electron chi connectivity index (χ3n) is 0.992. The first-order valence-corrected chi connectivity index (χ1v) is 3.23. The van der Waals surface area contributed by atoms with Gasteiger partial charge in [0.15, 0.2) is 0 Å².